The summed E-state index contributed by atoms with van der Waals surface area (Å²) in [4.78, 5) is 27.7. The number of nitrogens with one attached hydrogen (secondary N) is 1. The molecule has 0 aliphatic rings. The van der Waals surface area contributed by atoms with Gasteiger partial charge in [-0.3, -0.25) is 9.59 Å². The number of hydrogen-bond acceptors (Lipinski definition) is 2. The molecular weight excluding hydrogens is 416 g/mol. The smallest absolute Gasteiger partial charge is 0.243 e. The Kier molecular flexibility index (Phi) is 8.71. The second-order valence-electron chi connectivity index (χ2n) is 7.03. The third-order valence-corrected chi connectivity index (χ3v) is 5.31. The number of hydrogen-bond donors (Lipinski definition) is 1. The zero-order valence-corrected chi connectivity index (χ0v) is 18.4. The molecule has 1 N–H and O–H groups in total. The number of benzene rings is 2. The Hall–Kier alpha value is -2.14. The molecule has 2 aromatic carbocycles. The van der Waals surface area contributed by atoms with Crippen molar-refractivity contribution in [2.75, 3.05) is 0 Å². The predicted octanol–water partition coefficient (Wildman–Crippen LogP) is 4.71. The van der Waals surface area contributed by atoms with Gasteiger partial charge in [0, 0.05) is 29.9 Å². The van der Waals surface area contributed by atoms with Crippen molar-refractivity contribution in [2.24, 2.45) is 0 Å². The molecule has 0 fully saturated rings. The summed E-state index contributed by atoms with van der Waals surface area (Å²) in [5.41, 5.74) is 2.03. The lowest BCUT2D eigenvalue weighted by molar-refractivity contribution is -0.141. The van der Waals surface area contributed by atoms with Crippen LogP contribution in [-0.4, -0.2) is 28.8 Å². The average molecular weight is 445 g/mol. The molecule has 0 unspecified atom stereocenters. The maximum Gasteiger partial charge on any atom is 0.243 e. The van der Waals surface area contributed by atoms with Gasteiger partial charge in [0.2, 0.25) is 11.8 Å². The second kappa shape index (κ2) is 11.0. The molecule has 0 saturated heterocycles. The van der Waals surface area contributed by atoms with Gasteiger partial charge < -0.3 is 10.2 Å². The molecule has 0 radical (unpaired) electrons. The Bertz CT molecular complexity index is 779. The molecule has 5 heteroatoms. The van der Waals surface area contributed by atoms with Gasteiger partial charge in [-0.1, -0.05) is 72.2 Å². The first-order valence-corrected chi connectivity index (χ1v) is 10.6. The van der Waals surface area contributed by atoms with Crippen molar-refractivity contribution < 1.29 is 9.59 Å². The maximum atomic E-state index is 13.1. The van der Waals surface area contributed by atoms with Gasteiger partial charge in [0.25, 0.3) is 0 Å². The first kappa shape index (κ1) is 22.2. The Morgan fingerprint density at radius 2 is 1.71 bits per heavy atom. The van der Waals surface area contributed by atoms with Gasteiger partial charge in [-0.25, -0.2) is 0 Å². The van der Waals surface area contributed by atoms with Crippen LogP contribution in [0.1, 0.15) is 44.7 Å². The standard InChI is InChI=1S/C23H29BrN2O2/c1-4-17(3)25-23(28)21(15-18-10-7-6-8-11-18)26(22(27)5-2)16-19-12-9-13-20(24)14-19/h6-14,17,21H,4-5,15-16H2,1-3H3,(H,25,28)/t17-,21-/m0/s1. The van der Waals surface area contributed by atoms with Crippen molar-refractivity contribution >= 4 is 27.7 Å². The Labute approximate surface area is 176 Å². The van der Waals surface area contributed by atoms with E-state index in [9.17, 15) is 9.59 Å². The molecular formula is C23H29BrN2O2. The van der Waals surface area contributed by atoms with Crippen LogP contribution in [0.15, 0.2) is 59.1 Å². The van der Waals surface area contributed by atoms with Gasteiger partial charge in [0.1, 0.15) is 6.04 Å². The number of carbonyl (C=O) groups is 2. The van der Waals surface area contributed by atoms with Crippen molar-refractivity contribution in [3.8, 4) is 0 Å². The zero-order chi connectivity index (χ0) is 20.5. The quantitative estimate of drug-likeness (QED) is 0.608. The van der Waals surface area contributed by atoms with Crippen LogP contribution in [-0.2, 0) is 22.6 Å². The molecule has 0 aliphatic carbocycles. The number of carbonyl (C=O) groups excluding carboxylic acids is 2. The van der Waals surface area contributed by atoms with Crippen molar-refractivity contribution in [3.63, 3.8) is 0 Å². The summed E-state index contributed by atoms with van der Waals surface area (Å²) < 4.78 is 0.956. The monoisotopic (exact) mass is 444 g/mol. The summed E-state index contributed by atoms with van der Waals surface area (Å²) in [5, 5.41) is 3.06. The highest BCUT2D eigenvalue weighted by Crippen LogP contribution is 2.18. The molecule has 0 saturated carbocycles. The van der Waals surface area contributed by atoms with Gasteiger partial charge in [-0.2, -0.15) is 0 Å². The van der Waals surface area contributed by atoms with Crippen molar-refractivity contribution in [1.29, 1.82) is 0 Å². The summed E-state index contributed by atoms with van der Waals surface area (Å²) in [6.45, 7) is 6.26. The molecule has 0 spiro atoms. The highest BCUT2D eigenvalue weighted by molar-refractivity contribution is 9.10. The molecule has 2 atom stereocenters. The molecule has 0 heterocycles. The van der Waals surface area contributed by atoms with E-state index < -0.39 is 6.04 Å². The molecule has 0 aliphatic heterocycles. The van der Waals surface area contributed by atoms with E-state index in [1.807, 2.05) is 75.4 Å². The summed E-state index contributed by atoms with van der Waals surface area (Å²) >= 11 is 3.49. The van der Waals surface area contributed by atoms with E-state index >= 15 is 0 Å². The fourth-order valence-corrected chi connectivity index (χ4v) is 3.48. The minimum absolute atomic E-state index is 0.0276. The third kappa shape index (κ3) is 6.48. The lowest BCUT2D eigenvalue weighted by Crippen LogP contribution is -2.52. The largest absolute Gasteiger partial charge is 0.352 e. The van der Waals surface area contributed by atoms with E-state index in [0.29, 0.717) is 19.4 Å². The molecule has 0 aromatic heterocycles. The fraction of sp³-hybridized carbons (Fsp3) is 0.391. The van der Waals surface area contributed by atoms with Crippen LogP contribution in [0, 0.1) is 0 Å². The van der Waals surface area contributed by atoms with Crippen LogP contribution in [0.5, 0.6) is 0 Å². The maximum absolute atomic E-state index is 13.1. The minimum atomic E-state index is -0.553. The zero-order valence-electron chi connectivity index (χ0n) is 16.8. The Morgan fingerprint density at radius 1 is 1.04 bits per heavy atom. The van der Waals surface area contributed by atoms with Crippen molar-refractivity contribution in [2.45, 2.75) is 58.7 Å². The molecule has 150 valence electrons. The van der Waals surface area contributed by atoms with E-state index in [1.165, 1.54) is 0 Å². The first-order chi connectivity index (χ1) is 13.4. The van der Waals surface area contributed by atoms with Gasteiger partial charge in [0.05, 0.1) is 0 Å². The van der Waals surface area contributed by atoms with E-state index in [0.717, 1.165) is 22.0 Å². The van der Waals surface area contributed by atoms with Gasteiger partial charge >= 0.3 is 0 Å². The van der Waals surface area contributed by atoms with Crippen LogP contribution in [0.25, 0.3) is 0 Å². The first-order valence-electron chi connectivity index (χ1n) is 9.82. The highest BCUT2D eigenvalue weighted by Gasteiger charge is 2.30. The van der Waals surface area contributed by atoms with Gasteiger partial charge in [-0.05, 0) is 36.6 Å². The van der Waals surface area contributed by atoms with E-state index in [2.05, 4.69) is 21.2 Å². The number of halogens is 1. The number of nitrogens with zero attached hydrogens (tertiary/aromatic N) is 1. The fourth-order valence-electron chi connectivity index (χ4n) is 3.03. The third-order valence-electron chi connectivity index (χ3n) is 4.82. The molecule has 28 heavy (non-hydrogen) atoms. The lowest BCUT2D eigenvalue weighted by atomic mass is 10.0. The summed E-state index contributed by atoms with van der Waals surface area (Å²) in [6.07, 6.45) is 1.69. The van der Waals surface area contributed by atoms with Gasteiger partial charge in [0.15, 0.2) is 0 Å². The van der Waals surface area contributed by atoms with Gasteiger partial charge in [-0.15, -0.1) is 0 Å². The second-order valence-corrected chi connectivity index (χ2v) is 7.94. The summed E-state index contributed by atoms with van der Waals surface area (Å²) in [6, 6.07) is 17.2. The van der Waals surface area contributed by atoms with E-state index in [4.69, 9.17) is 0 Å². The van der Waals surface area contributed by atoms with E-state index in [1.54, 1.807) is 4.90 Å². The Balaban J connectivity index is 2.35. The molecule has 0 bridgehead atoms. The normalized spacial score (nSPS) is 12.9. The van der Waals surface area contributed by atoms with Crippen LogP contribution in [0.2, 0.25) is 0 Å². The molecule has 2 aromatic rings. The predicted molar refractivity (Wildman–Crippen MR) is 117 cm³/mol. The van der Waals surface area contributed by atoms with Crippen LogP contribution in [0.3, 0.4) is 0 Å². The molecule has 2 amide bonds. The Morgan fingerprint density at radius 3 is 2.32 bits per heavy atom. The van der Waals surface area contributed by atoms with Crippen LogP contribution in [0.4, 0.5) is 0 Å². The lowest BCUT2D eigenvalue weighted by Gasteiger charge is -2.32. The minimum Gasteiger partial charge on any atom is -0.352 e. The van der Waals surface area contributed by atoms with Crippen molar-refractivity contribution in [1.82, 2.24) is 10.2 Å². The van der Waals surface area contributed by atoms with Crippen molar-refractivity contribution in [3.05, 3.63) is 70.2 Å². The molecule has 4 nitrogen and oxygen atoms in total. The van der Waals surface area contributed by atoms with Crippen LogP contribution >= 0.6 is 15.9 Å². The van der Waals surface area contributed by atoms with E-state index in [-0.39, 0.29) is 17.9 Å². The average Bonchev–Trinajstić information content (AvgIpc) is 2.70. The number of amides is 2. The van der Waals surface area contributed by atoms with Crippen LogP contribution < -0.4 is 5.32 Å². The number of rotatable bonds is 9. The topological polar surface area (TPSA) is 49.4 Å². The SMILES string of the molecule is CCC(=O)N(Cc1cccc(Br)c1)[C@@H](Cc1ccccc1)C(=O)N[C@@H](C)CC. The highest BCUT2D eigenvalue weighted by atomic mass is 79.9. The molecule has 2 rings (SSSR count). The summed E-state index contributed by atoms with van der Waals surface area (Å²) in [5.74, 6) is -0.129. The summed E-state index contributed by atoms with van der Waals surface area (Å²) in [7, 11) is 0.